The number of nitrogens with two attached hydrogens (primary N) is 1. The van der Waals surface area contributed by atoms with Crippen LogP contribution < -0.4 is 11.1 Å². The van der Waals surface area contributed by atoms with Crippen molar-refractivity contribution in [2.24, 2.45) is 5.73 Å². The van der Waals surface area contributed by atoms with Gasteiger partial charge in [0.15, 0.2) is 0 Å². The van der Waals surface area contributed by atoms with Gasteiger partial charge in [-0.15, -0.1) is 0 Å². The fraction of sp³-hybridized carbons (Fsp3) is 0.462. The van der Waals surface area contributed by atoms with E-state index in [0.29, 0.717) is 6.42 Å². The second-order valence-electron chi connectivity index (χ2n) is 4.11. The molecule has 0 aromatic heterocycles. The summed E-state index contributed by atoms with van der Waals surface area (Å²) in [5.74, 6) is -0.289. The third kappa shape index (κ3) is 3.07. The number of carbonyl (C=O) groups excluding carboxylic acids is 1. The Bertz CT molecular complexity index is 363. The molecule has 1 aromatic carbocycles. The maximum atomic E-state index is 11.1. The Morgan fingerprint density at radius 1 is 1.44 bits per heavy atom. The van der Waals surface area contributed by atoms with Crippen molar-refractivity contribution in [3.8, 4) is 0 Å². The van der Waals surface area contributed by atoms with Gasteiger partial charge >= 0.3 is 0 Å². The van der Waals surface area contributed by atoms with Crippen LogP contribution in [0.15, 0.2) is 24.3 Å². The van der Waals surface area contributed by atoms with E-state index in [0.717, 1.165) is 0 Å². The summed E-state index contributed by atoms with van der Waals surface area (Å²) >= 11 is 0. The van der Waals surface area contributed by atoms with Crippen molar-refractivity contribution in [1.82, 2.24) is 5.32 Å². The summed E-state index contributed by atoms with van der Waals surface area (Å²) in [5, 5.41) is 3.25. The molecular weight excluding hydrogens is 200 g/mol. The van der Waals surface area contributed by atoms with Gasteiger partial charge in [0, 0.05) is 6.04 Å². The Kier molecular flexibility index (Phi) is 4.50. The molecule has 0 fully saturated rings. The molecule has 3 heteroatoms. The Labute approximate surface area is 97.0 Å². The second kappa shape index (κ2) is 5.66. The maximum Gasteiger partial charge on any atom is 0.234 e. The van der Waals surface area contributed by atoms with Crippen LogP contribution in [0.2, 0.25) is 0 Å². The highest BCUT2D eigenvalue weighted by Crippen LogP contribution is 2.17. The van der Waals surface area contributed by atoms with Crippen molar-refractivity contribution in [1.29, 1.82) is 0 Å². The smallest absolute Gasteiger partial charge is 0.234 e. The summed E-state index contributed by atoms with van der Waals surface area (Å²) in [7, 11) is 0. The molecule has 88 valence electrons. The lowest BCUT2D eigenvalue weighted by Crippen LogP contribution is -2.42. The van der Waals surface area contributed by atoms with E-state index in [1.165, 1.54) is 11.1 Å². The molecule has 0 heterocycles. The van der Waals surface area contributed by atoms with Crippen LogP contribution in [-0.2, 0) is 4.79 Å². The van der Waals surface area contributed by atoms with Crippen LogP contribution in [0, 0.1) is 6.92 Å². The molecule has 1 aromatic rings. The minimum atomic E-state index is -0.289. The van der Waals surface area contributed by atoms with E-state index in [1.807, 2.05) is 26.0 Å². The normalized spacial score (nSPS) is 14.4. The van der Waals surface area contributed by atoms with Gasteiger partial charge in [0.25, 0.3) is 0 Å². The molecule has 0 bridgehead atoms. The number of carbonyl (C=O) groups is 1. The van der Waals surface area contributed by atoms with Crippen LogP contribution >= 0.6 is 0 Å². The van der Waals surface area contributed by atoms with Crippen LogP contribution in [0.3, 0.4) is 0 Å². The molecule has 0 spiro atoms. The van der Waals surface area contributed by atoms with Crippen LogP contribution in [0.1, 0.15) is 37.4 Å². The molecule has 16 heavy (non-hydrogen) atoms. The molecule has 2 atom stereocenters. The Balaban J connectivity index is 2.75. The van der Waals surface area contributed by atoms with Crippen molar-refractivity contribution in [2.45, 2.75) is 39.3 Å². The van der Waals surface area contributed by atoms with Gasteiger partial charge < -0.3 is 5.73 Å². The van der Waals surface area contributed by atoms with E-state index in [9.17, 15) is 4.79 Å². The maximum absolute atomic E-state index is 11.1. The predicted molar refractivity (Wildman–Crippen MR) is 66.0 cm³/mol. The third-order valence-electron chi connectivity index (χ3n) is 2.86. The van der Waals surface area contributed by atoms with Gasteiger partial charge in [-0.1, -0.05) is 31.2 Å². The molecule has 0 aliphatic carbocycles. The molecule has 1 rings (SSSR count). The predicted octanol–water partition coefficient (Wildman–Crippen LogP) is 1.91. The monoisotopic (exact) mass is 220 g/mol. The summed E-state index contributed by atoms with van der Waals surface area (Å²) in [6.45, 7) is 6.07. The summed E-state index contributed by atoms with van der Waals surface area (Å²) in [4.78, 5) is 11.1. The number of hydrogen-bond donors (Lipinski definition) is 2. The Morgan fingerprint density at radius 2 is 2.06 bits per heavy atom. The van der Waals surface area contributed by atoms with E-state index in [-0.39, 0.29) is 18.0 Å². The number of hydrogen-bond acceptors (Lipinski definition) is 2. The number of benzene rings is 1. The zero-order valence-corrected chi connectivity index (χ0v) is 10.2. The van der Waals surface area contributed by atoms with Gasteiger partial charge in [0.1, 0.15) is 0 Å². The number of primary amides is 1. The Hall–Kier alpha value is -1.35. The Morgan fingerprint density at radius 3 is 2.56 bits per heavy atom. The van der Waals surface area contributed by atoms with E-state index < -0.39 is 0 Å². The number of aryl methyl sites for hydroxylation is 1. The van der Waals surface area contributed by atoms with Crippen molar-refractivity contribution in [2.75, 3.05) is 0 Å². The molecule has 0 aliphatic heterocycles. The highest BCUT2D eigenvalue weighted by molar-refractivity contribution is 5.79. The molecule has 1 amide bonds. The molecule has 0 saturated carbocycles. The summed E-state index contributed by atoms with van der Waals surface area (Å²) < 4.78 is 0. The molecule has 0 radical (unpaired) electrons. The number of nitrogens with one attached hydrogen (secondary N) is 1. The van der Waals surface area contributed by atoms with Crippen LogP contribution in [0.4, 0.5) is 0 Å². The lowest BCUT2D eigenvalue weighted by Gasteiger charge is -2.21. The van der Waals surface area contributed by atoms with Gasteiger partial charge in [-0.05, 0) is 31.4 Å². The summed E-state index contributed by atoms with van der Waals surface area (Å²) in [5.41, 5.74) is 7.74. The minimum absolute atomic E-state index is 0.138. The second-order valence-corrected chi connectivity index (χ2v) is 4.11. The zero-order valence-electron chi connectivity index (χ0n) is 10.2. The van der Waals surface area contributed by atoms with Crippen molar-refractivity contribution >= 4 is 5.91 Å². The molecule has 0 saturated heterocycles. The highest BCUT2D eigenvalue weighted by atomic mass is 16.1. The summed E-state index contributed by atoms with van der Waals surface area (Å²) in [6, 6.07) is 8.04. The topological polar surface area (TPSA) is 55.1 Å². The molecule has 0 aliphatic rings. The molecule has 3 nitrogen and oxygen atoms in total. The molecule has 3 N–H and O–H groups in total. The van der Waals surface area contributed by atoms with Crippen LogP contribution in [-0.4, -0.2) is 11.9 Å². The largest absolute Gasteiger partial charge is 0.368 e. The fourth-order valence-corrected chi connectivity index (χ4v) is 1.87. The molecule has 1 unspecified atom stereocenters. The number of rotatable bonds is 5. The first kappa shape index (κ1) is 12.7. The van der Waals surface area contributed by atoms with Crippen molar-refractivity contribution < 1.29 is 4.79 Å². The SMILES string of the molecule is CCC(N[C@@H](C)c1ccccc1C)C(N)=O. The van der Waals surface area contributed by atoms with Crippen molar-refractivity contribution in [3.63, 3.8) is 0 Å². The van der Waals surface area contributed by atoms with Crippen LogP contribution in [0.5, 0.6) is 0 Å². The van der Waals surface area contributed by atoms with E-state index in [2.05, 4.69) is 24.4 Å². The lowest BCUT2D eigenvalue weighted by molar-refractivity contribution is -0.120. The zero-order chi connectivity index (χ0) is 12.1. The summed E-state index contributed by atoms with van der Waals surface area (Å²) in [6.07, 6.45) is 0.714. The molecular formula is C13H20N2O. The average molecular weight is 220 g/mol. The lowest BCUT2D eigenvalue weighted by atomic mass is 10.0. The van der Waals surface area contributed by atoms with E-state index in [1.54, 1.807) is 0 Å². The van der Waals surface area contributed by atoms with E-state index in [4.69, 9.17) is 5.73 Å². The number of amides is 1. The minimum Gasteiger partial charge on any atom is -0.368 e. The standard InChI is InChI=1S/C13H20N2O/c1-4-12(13(14)16)15-10(3)11-8-6-5-7-9(11)2/h5-8,10,12,15H,4H2,1-3H3,(H2,14,16)/t10-,12?/m0/s1. The van der Waals surface area contributed by atoms with Gasteiger partial charge in [-0.3, -0.25) is 10.1 Å². The van der Waals surface area contributed by atoms with Crippen molar-refractivity contribution in [3.05, 3.63) is 35.4 Å². The first-order valence-electron chi connectivity index (χ1n) is 5.67. The fourth-order valence-electron chi connectivity index (χ4n) is 1.87. The van der Waals surface area contributed by atoms with E-state index >= 15 is 0 Å². The quantitative estimate of drug-likeness (QED) is 0.796. The first-order valence-corrected chi connectivity index (χ1v) is 5.67. The van der Waals surface area contributed by atoms with Gasteiger partial charge in [0.05, 0.1) is 6.04 Å². The van der Waals surface area contributed by atoms with Gasteiger partial charge in [-0.2, -0.15) is 0 Å². The van der Waals surface area contributed by atoms with Crippen LogP contribution in [0.25, 0.3) is 0 Å². The average Bonchev–Trinajstić information content (AvgIpc) is 2.25. The van der Waals surface area contributed by atoms with Gasteiger partial charge in [0.2, 0.25) is 5.91 Å². The third-order valence-corrected chi connectivity index (χ3v) is 2.86. The van der Waals surface area contributed by atoms with Gasteiger partial charge in [-0.25, -0.2) is 0 Å². The highest BCUT2D eigenvalue weighted by Gasteiger charge is 2.16. The first-order chi connectivity index (χ1) is 7.56.